The van der Waals surface area contributed by atoms with Gasteiger partial charge in [0.15, 0.2) is 6.23 Å². The molecule has 0 aliphatic carbocycles. The van der Waals surface area contributed by atoms with Crippen molar-refractivity contribution in [2.45, 2.75) is 97.1 Å². The summed E-state index contributed by atoms with van der Waals surface area (Å²) in [6.45, 7) is 18.8. The van der Waals surface area contributed by atoms with E-state index in [4.69, 9.17) is 9.84 Å². The molecule has 1 N–H and O–H groups in total. The fourth-order valence-corrected chi connectivity index (χ4v) is 11.5. The molecule has 1 aliphatic rings. The summed E-state index contributed by atoms with van der Waals surface area (Å²) in [5.74, 6) is 3.66. The van der Waals surface area contributed by atoms with Gasteiger partial charge in [-0.2, -0.15) is 10.2 Å². The van der Waals surface area contributed by atoms with Gasteiger partial charge in [-0.25, -0.2) is 4.68 Å². The summed E-state index contributed by atoms with van der Waals surface area (Å²) < 4.78 is 10.2. The number of nitrogens with one attached hydrogen (secondary N) is 1. The third-order valence-corrected chi connectivity index (χ3v) is 14.6. The topological polar surface area (TPSA) is 56.9 Å². The van der Waals surface area contributed by atoms with Crippen LogP contribution in [0.3, 0.4) is 0 Å². The van der Waals surface area contributed by atoms with E-state index in [0.717, 1.165) is 60.3 Å². The highest BCUT2D eigenvalue weighted by atomic mass is 28.3. The van der Waals surface area contributed by atoms with Crippen LogP contribution >= 0.6 is 0 Å². The van der Waals surface area contributed by atoms with E-state index < -0.39 is 8.07 Å². The van der Waals surface area contributed by atoms with Crippen LogP contribution < -0.4 is 5.32 Å². The Morgan fingerprint density at radius 2 is 1.84 bits per heavy atom. The highest BCUT2D eigenvalue weighted by Crippen LogP contribution is 2.41. The first-order valence-electron chi connectivity index (χ1n) is 14.1. The molecule has 1 unspecified atom stereocenters. The van der Waals surface area contributed by atoms with Crippen LogP contribution in [0.1, 0.15) is 85.3 Å². The van der Waals surface area contributed by atoms with Crippen molar-refractivity contribution in [3.63, 3.8) is 0 Å². The maximum Gasteiger partial charge on any atom is 0.150 e. The maximum atomic E-state index is 6.17. The molecule has 0 spiro atoms. The van der Waals surface area contributed by atoms with E-state index in [1.54, 1.807) is 0 Å². The lowest BCUT2D eigenvalue weighted by Crippen LogP contribution is -2.43. The van der Waals surface area contributed by atoms with Gasteiger partial charge < -0.3 is 10.1 Å². The molecule has 7 heteroatoms. The Balaban J connectivity index is 1.88. The molecule has 0 bridgehead atoms. The molecule has 6 nitrogen and oxygen atoms in total. The third-order valence-electron chi connectivity index (χ3n) is 8.31. The zero-order valence-corrected chi connectivity index (χ0v) is 25.1. The summed E-state index contributed by atoms with van der Waals surface area (Å²) in [6, 6.07) is 6.66. The molecular formula is C30H45N5OSi. The lowest BCUT2D eigenvalue weighted by atomic mass is 10.0. The van der Waals surface area contributed by atoms with Crippen molar-refractivity contribution in [2.24, 2.45) is 7.05 Å². The lowest BCUT2D eigenvalue weighted by Gasteiger charge is -2.38. The quantitative estimate of drug-likeness (QED) is 0.262. The number of fused-ring (bicyclic) bond motifs is 1. The van der Waals surface area contributed by atoms with Crippen molar-refractivity contribution in [3.05, 3.63) is 35.8 Å². The van der Waals surface area contributed by atoms with Crippen LogP contribution in [0, 0.1) is 11.5 Å². The Bertz CT molecular complexity index is 1250. The van der Waals surface area contributed by atoms with E-state index in [1.165, 1.54) is 12.1 Å². The number of hydrogen-bond acceptors (Lipinski definition) is 4. The van der Waals surface area contributed by atoms with Crippen LogP contribution in [0.25, 0.3) is 22.0 Å². The van der Waals surface area contributed by atoms with Gasteiger partial charge in [-0.3, -0.25) is 4.68 Å². The molecule has 1 aliphatic heterocycles. The Hall–Kier alpha value is -2.40. The zero-order valence-electron chi connectivity index (χ0n) is 24.1. The molecule has 1 fully saturated rings. The molecule has 200 valence electrons. The average Bonchev–Trinajstić information content (AvgIpc) is 3.42. The number of benzene rings is 1. The molecule has 0 saturated carbocycles. The van der Waals surface area contributed by atoms with Gasteiger partial charge >= 0.3 is 0 Å². The van der Waals surface area contributed by atoms with Gasteiger partial charge in [0.05, 0.1) is 17.4 Å². The summed E-state index contributed by atoms with van der Waals surface area (Å²) in [4.78, 5) is 0. The summed E-state index contributed by atoms with van der Waals surface area (Å²) in [6.07, 6.45) is 5.22. The van der Waals surface area contributed by atoms with E-state index in [9.17, 15) is 0 Å². The minimum absolute atomic E-state index is 0.0253. The van der Waals surface area contributed by atoms with Crippen molar-refractivity contribution in [1.82, 2.24) is 24.9 Å². The number of hydrogen-bond donors (Lipinski definition) is 1. The summed E-state index contributed by atoms with van der Waals surface area (Å²) >= 11 is 0. The Kier molecular flexibility index (Phi) is 8.62. The molecule has 1 saturated heterocycles. The van der Waals surface area contributed by atoms with Crippen molar-refractivity contribution < 1.29 is 4.74 Å². The molecule has 1 aromatic carbocycles. The van der Waals surface area contributed by atoms with E-state index in [2.05, 4.69) is 93.2 Å². The van der Waals surface area contributed by atoms with Crippen molar-refractivity contribution in [2.75, 3.05) is 13.2 Å². The zero-order chi connectivity index (χ0) is 26.7. The van der Waals surface area contributed by atoms with E-state index >= 15 is 0 Å². The molecular weight excluding hydrogens is 474 g/mol. The number of aromatic nitrogens is 4. The SMILES string of the molecule is CCNCc1c(-c2ccc3c(c2)c(C#C[Si](C(C)C)(C(C)C)C(C)C)nn3C2CCCCO2)cnn1C. The summed E-state index contributed by atoms with van der Waals surface area (Å²) in [5, 5.41) is 14.2. The second-order valence-electron chi connectivity index (χ2n) is 11.4. The van der Waals surface area contributed by atoms with E-state index in [1.807, 2.05) is 17.9 Å². The monoisotopic (exact) mass is 519 g/mol. The number of nitrogens with zero attached hydrogens (tertiary/aromatic N) is 4. The van der Waals surface area contributed by atoms with E-state index in [-0.39, 0.29) is 6.23 Å². The minimum atomic E-state index is -1.89. The highest BCUT2D eigenvalue weighted by Gasteiger charge is 2.41. The van der Waals surface area contributed by atoms with Crippen LogP contribution in [-0.4, -0.2) is 40.8 Å². The van der Waals surface area contributed by atoms with Gasteiger partial charge in [0.25, 0.3) is 0 Å². The molecule has 0 radical (unpaired) electrons. The van der Waals surface area contributed by atoms with Gasteiger partial charge in [-0.15, -0.1) is 5.54 Å². The van der Waals surface area contributed by atoms with Crippen molar-refractivity contribution in [3.8, 4) is 22.6 Å². The van der Waals surface area contributed by atoms with Crippen LogP contribution in [0.4, 0.5) is 0 Å². The lowest BCUT2D eigenvalue weighted by molar-refractivity contribution is -0.0367. The van der Waals surface area contributed by atoms with Crippen LogP contribution in [0.2, 0.25) is 16.6 Å². The fraction of sp³-hybridized carbons (Fsp3) is 0.600. The highest BCUT2D eigenvalue weighted by molar-refractivity contribution is 6.90. The van der Waals surface area contributed by atoms with E-state index in [0.29, 0.717) is 16.6 Å². The summed E-state index contributed by atoms with van der Waals surface area (Å²) in [5.41, 5.74) is 11.1. The second-order valence-corrected chi connectivity index (χ2v) is 17.0. The molecule has 0 amide bonds. The smallest absolute Gasteiger partial charge is 0.150 e. The predicted molar refractivity (Wildman–Crippen MR) is 156 cm³/mol. The van der Waals surface area contributed by atoms with Gasteiger partial charge in [-0.1, -0.05) is 60.5 Å². The van der Waals surface area contributed by atoms with Crippen LogP contribution in [-0.2, 0) is 18.3 Å². The molecule has 2 aromatic heterocycles. The number of aryl methyl sites for hydroxylation is 1. The first kappa shape index (κ1) is 27.6. The van der Waals surface area contributed by atoms with Gasteiger partial charge in [0.1, 0.15) is 13.8 Å². The average molecular weight is 520 g/mol. The molecule has 37 heavy (non-hydrogen) atoms. The Morgan fingerprint density at radius 1 is 1.11 bits per heavy atom. The Labute approximate surface area is 224 Å². The first-order valence-corrected chi connectivity index (χ1v) is 16.3. The molecule has 3 aromatic rings. The number of rotatable bonds is 8. The fourth-order valence-electron chi connectivity index (χ4n) is 6.29. The van der Waals surface area contributed by atoms with Gasteiger partial charge in [0, 0.05) is 31.1 Å². The van der Waals surface area contributed by atoms with Crippen molar-refractivity contribution in [1.29, 1.82) is 0 Å². The van der Waals surface area contributed by atoms with Crippen LogP contribution in [0.15, 0.2) is 24.4 Å². The molecule has 4 rings (SSSR count). The van der Waals surface area contributed by atoms with Crippen molar-refractivity contribution >= 4 is 19.0 Å². The maximum absolute atomic E-state index is 6.17. The predicted octanol–water partition coefficient (Wildman–Crippen LogP) is 6.81. The largest absolute Gasteiger partial charge is 0.356 e. The summed E-state index contributed by atoms with van der Waals surface area (Å²) in [7, 11) is 0.123. The third kappa shape index (κ3) is 5.29. The molecule has 3 heterocycles. The minimum Gasteiger partial charge on any atom is -0.356 e. The van der Waals surface area contributed by atoms with Gasteiger partial charge in [-0.05, 0) is 60.1 Å². The second kappa shape index (κ2) is 11.5. The van der Waals surface area contributed by atoms with Crippen LogP contribution in [0.5, 0.6) is 0 Å². The number of ether oxygens (including phenoxy) is 1. The van der Waals surface area contributed by atoms with Gasteiger partial charge in [0.2, 0.25) is 0 Å². The molecule has 1 atom stereocenters. The first-order chi connectivity index (χ1) is 17.7. The standard InChI is InChI=1S/C30H45N5OSi/c1-9-31-20-29-26(19-32-34(29)8)24-13-14-28-25(18-24)27(33-35(28)30-12-10-11-16-36-30)15-17-37(21(2)3,22(4)5)23(6)7/h13-14,18-19,21-23,30-31H,9-12,16,20H2,1-8H3. The Morgan fingerprint density at radius 3 is 2.46 bits per heavy atom. The normalized spacial score (nSPS) is 16.7.